The number of phenolic OH excluding ortho intramolecular Hbond substituents is 1. The Labute approximate surface area is 117 Å². The van der Waals surface area contributed by atoms with Crippen molar-refractivity contribution in [3.05, 3.63) is 28.2 Å². The molecule has 1 fully saturated rings. The molecule has 0 saturated carbocycles. The van der Waals surface area contributed by atoms with E-state index in [0.29, 0.717) is 5.75 Å². The molecule has 0 aromatic heterocycles. The minimum Gasteiger partial charge on any atom is -0.508 e. The van der Waals surface area contributed by atoms with E-state index in [2.05, 4.69) is 27.8 Å². The van der Waals surface area contributed by atoms with E-state index < -0.39 is 0 Å². The summed E-state index contributed by atoms with van der Waals surface area (Å²) in [4.78, 5) is 2.35. The summed E-state index contributed by atoms with van der Waals surface area (Å²) in [5, 5.41) is 19.0. The zero-order valence-electron chi connectivity index (χ0n) is 10.7. The van der Waals surface area contributed by atoms with Gasteiger partial charge in [0.05, 0.1) is 0 Å². The van der Waals surface area contributed by atoms with Gasteiger partial charge in [-0.25, -0.2) is 0 Å². The molecule has 0 aliphatic carbocycles. The summed E-state index contributed by atoms with van der Waals surface area (Å²) in [5.41, 5.74) is 1.11. The van der Waals surface area contributed by atoms with E-state index in [1.807, 2.05) is 6.07 Å². The molecule has 0 spiro atoms. The highest BCUT2D eigenvalue weighted by Gasteiger charge is 2.30. The van der Waals surface area contributed by atoms with Crippen molar-refractivity contribution in [3.63, 3.8) is 0 Å². The Balaban J connectivity index is 2.07. The highest BCUT2D eigenvalue weighted by Crippen LogP contribution is 2.31. The largest absolute Gasteiger partial charge is 0.508 e. The molecule has 1 aromatic rings. The van der Waals surface area contributed by atoms with E-state index in [9.17, 15) is 10.2 Å². The van der Waals surface area contributed by atoms with Crippen LogP contribution >= 0.6 is 15.9 Å². The monoisotopic (exact) mass is 313 g/mol. The van der Waals surface area contributed by atoms with Crippen molar-refractivity contribution < 1.29 is 10.2 Å². The molecule has 1 heterocycles. The van der Waals surface area contributed by atoms with Gasteiger partial charge >= 0.3 is 0 Å². The third-order valence-corrected chi connectivity index (χ3v) is 4.44. The molecule has 3 nitrogen and oxygen atoms in total. The minimum atomic E-state index is 0.0154. The molecule has 0 amide bonds. The summed E-state index contributed by atoms with van der Waals surface area (Å²) in [7, 11) is 0. The minimum absolute atomic E-state index is 0.0154. The summed E-state index contributed by atoms with van der Waals surface area (Å²) in [6.07, 6.45) is 2.20. The number of piperidine rings is 1. The van der Waals surface area contributed by atoms with Crippen LogP contribution in [0.2, 0.25) is 0 Å². The Hall–Kier alpha value is -0.580. The number of halogens is 1. The number of hydrogen-bond donors (Lipinski definition) is 2. The maximum Gasteiger partial charge on any atom is 0.115 e. The lowest BCUT2D eigenvalue weighted by molar-refractivity contribution is 0.0428. The van der Waals surface area contributed by atoms with E-state index in [4.69, 9.17) is 0 Å². The molecule has 1 saturated heterocycles. The van der Waals surface area contributed by atoms with Crippen LogP contribution < -0.4 is 0 Å². The van der Waals surface area contributed by atoms with Crippen LogP contribution in [0, 0.1) is 5.41 Å². The van der Waals surface area contributed by atoms with Crippen LogP contribution in [-0.4, -0.2) is 34.8 Å². The second-order valence-electron chi connectivity index (χ2n) is 5.56. The van der Waals surface area contributed by atoms with E-state index >= 15 is 0 Å². The Morgan fingerprint density at radius 2 is 2.22 bits per heavy atom. The molecule has 1 atom stereocenters. The van der Waals surface area contributed by atoms with Gasteiger partial charge in [-0.1, -0.05) is 22.9 Å². The summed E-state index contributed by atoms with van der Waals surface area (Å²) >= 11 is 3.52. The van der Waals surface area contributed by atoms with Gasteiger partial charge in [0.2, 0.25) is 0 Å². The van der Waals surface area contributed by atoms with Crippen molar-refractivity contribution in [2.24, 2.45) is 5.41 Å². The summed E-state index contributed by atoms with van der Waals surface area (Å²) in [6.45, 7) is 5.15. The van der Waals surface area contributed by atoms with Gasteiger partial charge in [-0.05, 0) is 43.1 Å². The number of phenols is 1. The van der Waals surface area contributed by atoms with Crippen LogP contribution in [0.15, 0.2) is 22.7 Å². The van der Waals surface area contributed by atoms with Gasteiger partial charge in [0, 0.05) is 29.6 Å². The normalized spacial score (nSPS) is 25.3. The summed E-state index contributed by atoms with van der Waals surface area (Å²) < 4.78 is 1.02. The highest BCUT2D eigenvalue weighted by atomic mass is 79.9. The van der Waals surface area contributed by atoms with Crippen LogP contribution in [0.1, 0.15) is 25.3 Å². The molecule has 2 rings (SSSR count). The second kappa shape index (κ2) is 5.59. The molecule has 0 radical (unpaired) electrons. The Kier molecular flexibility index (Phi) is 4.30. The van der Waals surface area contributed by atoms with Crippen LogP contribution in [0.4, 0.5) is 0 Å². The Morgan fingerprint density at radius 1 is 1.44 bits per heavy atom. The molecule has 1 unspecified atom stereocenters. The van der Waals surface area contributed by atoms with Crippen LogP contribution in [0.3, 0.4) is 0 Å². The fourth-order valence-electron chi connectivity index (χ4n) is 2.61. The molecule has 2 N–H and O–H groups in total. The Morgan fingerprint density at radius 3 is 2.94 bits per heavy atom. The number of benzene rings is 1. The van der Waals surface area contributed by atoms with Crippen molar-refractivity contribution in [3.8, 4) is 5.75 Å². The summed E-state index contributed by atoms with van der Waals surface area (Å²) in [6, 6.07) is 5.36. The van der Waals surface area contributed by atoms with Crippen molar-refractivity contribution >= 4 is 15.9 Å². The van der Waals surface area contributed by atoms with Crippen molar-refractivity contribution in [2.75, 3.05) is 19.7 Å². The summed E-state index contributed by atoms with van der Waals surface area (Å²) in [5.74, 6) is 0.301. The zero-order valence-corrected chi connectivity index (χ0v) is 12.3. The first-order valence-corrected chi connectivity index (χ1v) is 7.12. The number of likely N-dealkylation sites (tertiary alicyclic amines) is 1. The number of hydrogen-bond acceptors (Lipinski definition) is 3. The predicted molar refractivity (Wildman–Crippen MR) is 75.5 cm³/mol. The lowest BCUT2D eigenvalue weighted by Crippen LogP contribution is -2.43. The van der Waals surface area contributed by atoms with Crippen molar-refractivity contribution in [1.29, 1.82) is 0 Å². The van der Waals surface area contributed by atoms with Crippen LogP contribution in [0.5, 0.6) is 5.75 Å². The van der Waals surface area contributed by atoms with Gasteiger partial charge in [-0.15, -0.1) is 0 Å². The standard InChI is InChI=1S/C14H20BrNO2/c1-14(10-17)5-2-6-16(9-14)8-11-7-12(18)3-4-13(11)15/h3-4,7,17-18H,2,5-6,8-10H2,1H3. The lowest BCUT2D eigenvalue weighted by atomic mass is 9.82. The molecule has 1 aliphatic heterocycles. The average Bonchev–Trinajstić information content (AvgIpc) is 2.34. The topological polar surface area (TPSA) is 43.7 Å². The SMILES string of the molecule is CC1(CO)CCCN(Cc2cc(O)ccc2Br)C1. The third-order valence-electron chi connectivity index (χ3n) is 3.66. The van der Waals surface area contributed by atoms with Gasteiger partial charge in [-0.2, -0.15) is 0 Å². The first kappa shape index (κ1) is 13.8. The zero-order chi connectivity index (χ0) is 13.2. The van der Waals surface area contributed by atoms with Crippen LogP contribution in [0.25, 0.3) is 0 Å². The quantitative estimate of drug-likeness (QED) is 0.902. The number of aliphatic hydroxyl groups is 1. The lowest BCUT2D eigenvalue weighted by Gasteiger charge is -2.39. The second-order valence-corrected chi connectivity index (χ2v) is 6.41. The molecular weight excluding hydrogens is 294 g/mol. The molecule has 1 aromatic carbocycles. The fraction of sp³-hybridized carbons (Fsp3) is 0.571. The van der Waals surface area contributed by atoms with E-state index in [1.165, 1.54) is 0 Å². The van der Waals surface area contributed by atoms with Crippen molar-refractivity contribution in [1.82, 2.24) is 4.90 Å². The molecule has 100 valence electrons. The first-order valence-electron chi connectivity index (χ1n) is 6.33. The van der Waals surface area contributed by atoms with Gasteiger partial charge in [0.1, 0.15) is 5.75 Å². The first-order chi connectivity index (χ1) is 8.52. The number of aromatic hydroxyl groups is 1. The van der Waals surface area contributed by atoms with Gasteiger partial charge < -0.3 is 10.2 Å². The smallest absolute Gasteiger partial charge is 0.115 e. The van der Waals surface area contributed by atoms with E-state index in [-0.39, 0.29) is 12.0 Å². The number of nitrogens with zero attached hydrogens (tertiary/aromatic N) is 1. The molecule has 4 heteroatoms. The van der Waals surface area contributed by atoms with Crippen molar-refractivity contribution in [2.45, 2.75) is 26.3 Å². The fourth-order valence-corrected chi connectivity index (χ4v) is 2.99. The van der Waals surface area contributed by atoms with Crippen LogP contribution in [-0.2, 0) is 6.54 Å². The number of aliphatic hydroxyl groups excluding tert-OH is 1. The average molecular weight is 314 g/mol. The van der Waals surface area contributed by atoms with Gasteiger partial charge in [-0.3, -0.25) is 4.90 Å². The molecule has 0 bridgehead atoms. The maximum atomic E-state index is 9.54. The number of rotatable bonds is 3. The molecule has 1 aliphatic rings. The van der Waals surface area contributed by atoms with E-state index in [1.54, 1.807) is 12.1 Å². The van der Waals surface area contributed by atoms with Gasteiger partial charge in [0.25, 0.3) is 0 Å². The third kappa shape index (κ3) is 3.25. The Bertz CT molecular complexity index is 424. The van der Waals surface area contributed by atoms with E-state index in [0.717, 1.165) is 42.5 Å². The van der Waals surface area contributed by atoms with Gasteiger partial charge in [0.15, 0.2) is 0 Å². The molecule has 18 heavy (non-hydrogen) atoms. The molecular formula is C14H20BrNO2. The highest BCUT2D eigenvalue weighted by molar-refractivity contribution is 9.10. The maximum absolute atomic E-state index is 9.54. The predicted octanol–water partition coefficient (Wildman–Crippen LogP) is 2.75.